The van der Waals surface area contributed by atoms with Crippen molar-refractivity contribution in [1.29, 1.82) is 0 Å². The molecule has 0 aliphatic rings. The van der Waals surface area contributed by atoms with Gasteiger partial charge in [-0.3, -0.25) is 4.79 Å². The number of methoxy groups -OCH3 is 3. The third-order valence-electron chi connectivity index (χ3n) is 3.95. The van der Waals surface area contributed by atoms with Gasteiger partial charge in [0, 0.05) is 6.54 Å². The summed E-state index contributed by atoms with van der Waals surface area (Å²) in [6.07, 6.45) is 0. The Morgan fingerprint density at radius 1 is 0.917 bits per heavy atom. The molecule has 128 valence electrons. The molecule has 0 aromatic heterocycles. The second-order valence-electron chi connectivity index (χ2n) is 5.47. The van der Waals surface area contributed by atoms with Crippen LogP contribution >= 0.6 is 0 Å². The lowest BCUT2D eigenvalue weighted by atomic mass is 10.0. The van der Waals surface area contributed by atoms with Gasteiger partial charge in [0.05, 0.1) is 21.3 Å². The molecular formula is C19H23NO4. The number of amides is 1. The molecule has 1 N–H and O–H groups in total. The van der Waals surface area contributed by atoms with Gasteiger partial charge in [0.15, 0.2) is 0 Å². The van der Waals surface area contributed by atoms with Gasteiger partial charge in [0.2, 0.25) is 0 Å². The van der Waals surface area contributed by atoms with Crippen LogP contribution in [0.4, 0.5) is 0 Å². The summed E-state index contributed by atoms with van der Waals surface area (Å²) in [5, 5.41) is 2.93. The fourth-order valence-electron chi connectivity index (χ4n) is 2.60. The molecule has 0 heterocycles. The molecule has 1 amide bonds. The first-order valence-electron chi connectivity index (χ1n) is 7.65. The van der Waals surface area contributed by atoms with E-state index < -0.39 is 0 Å². The van der Waals surface area contributed by atoms with Crippen LogP contribution in [-0.2, 0) is 6.54 Å². The first kappa shape index (κ1) is 17.7. The van der Waals surface area contributed by atoms with E-state index in [-0.39, 0.29) is 5.91 Å². The monoisotopic (exact) mass is 329 g/mol. The van der Waals surface area contributed by atoms with Crippen molar-refractivity contribution in [2.45, 2.75) is 20.4 Å². The fourth-order valence-corrected chi connectivity index (χ4v) is 2.60. The number of hydrogen-bond donors (Lipinski definition) is 1. The summed E-state index contributed by atoms with van der Waals surface area (Å²) in [4.78, 5) is 12.6. The predicted octanol–water partition coefficient (Wildman–Crippen LogP) is 3.26. The van der Waals surface area contributed by atoms with Crippen molar-refractivity contribution in [3.05, 3.63) is 52.6 Å². The summed E-state index contributed by atoms with van der Waals surface area (Å²) in [5.41, 5.74) is 3.52. The average molecular weight is 329 g/mol. The Labute approximate surface area is 142 Å². The Morgan fingerprint density at radius 3 is 2.04 bits per heavy atom. The molecule has 0 saturated carbocycles. The van der Waals surface area contributed by atoms with Gasteiger partial charge >= 0.3 is 0 Å². The van der Waals surface area contributed by atoms with E-state index in [0.717, 1.165) is 22.4 Å². The summed E-state index contributed by atoms with van der Waals surface area (Å²) in [5.74, 6) is 1.56. The molecule has 0 aliphatic heterocycles. The number of hydrogen-bond acceptors (Lipinski definition) is 4. The topological polar surface area (TPSA) is 56.8 Å². The zero-order chi connectivity index (χ0) is 17.7. The van der Waals surface area contributed by atoms with Gasteiger partial charge in [0.25, 0.3) is 5.91 Å². The molecule has 0 aliphatic carbocycles. The minimum atomic E-state index is -0.239. The van der Waals surface area contributed by atoms with Gasteiger partial charge in [-0.2, -0.15) is 0 Å². The van der Waals surface area contributed by atoms with E-state index in [1.54, 1.807) is 25.3 Å². The second kappa shape index (κ2) is 7.73. The summed E-state index contributed by atoms with van der Waals surface area (Å²) in [6.45, 7) is 4.39. The highest BCUT2D eigenvalue weighted by atomic mass is 16.5. The standard InChI is InChI=1S/C19H23NO4/c1-12-10-17(24-5)13(2)9-14(12)11-20-19(21)18-15(22-3)7-6-8-16(18)23-4/h6-10H,11H2,1-5H3,(H,20,21). The highest BCUT2D eigenvalue weighted by molar-refractivity contribution is 5.99. The molecule has 0 saturated heterocycles. The Hall–Kier alpha value is -2.69. The van der Waals surface area contributed by atoms with E-state index in [2.05, 4.69) is 5.32 Å². The van der Waals surface area contributed by atoms with Gasteiger partial charge in [-0.1, -0.05) is 12.1 Å². The van der Waals surface area contributed by atoms with Crippen LogP contribution in [0.3, 0.4) is 0 Å². The SMILES string of the molecule is COc1cc(C)c(CNC(=O)c2c(OC)cccc2OC)cc1C. The van der Waals surface area contributed by atoms with Crippen molar-refractivity contribution in [3.8, 4) is 17.2 Å². The van der Waals surface area contributed by atoms with Crippen LogP contribution in [0.25, 0.3) is 0 Å². The third-order valence-corrected chi connectivity index (χ3v) is 3.95. The van der Waals surface area contributed by atoms with E-state index in [4.69, 9.17) is 14.2 Å². The molecule has 5 heteroatoms. The summed E-state index contributed by atoms with van der Waals surface area (Å²) in [6, 6.07) is 9.25. The van der Waals surface area contributed by atoms with E-state index in [9.17, 15) is 4.79 Å². The maximum atomic E-state index is 12.6. The van der Waals surface area contributed by atoms with Crippen LogP contribution in [0.15, 0.2) is 30.3 Å². The number of ether oxygens (including phenoxy) is 3. The van der Waals surface area contributed by atoms with Crippen molar-refractivity contribution in [3.63, 3.8) is 0 Å². The number of rotatable bonds is 6. The number of benzene rings is 2. The normalized spacial score (nSPS) is 10.2. The first-order valence-corrected chi connectivity index (χ1v) is 7.65. The molecule has 0 unspecified atom stereocenters. The molecule has 2 aromatic rings. The molecular weight excluding hydrogens is 306 g/mol. The number of carbonyl (C=O) groups excluding carboxylic acids is 1. The largest absolute Gasteiger partial charge is 0.496 e. The fraction of sp³-hybridized carbons (Fsp3) is 0.316. The predicted molar refractivity (Wildman–Crippen MR) is 93.2 cm³/mol. The maximum Gasteiger partial charge on any atom is 0.259 e. The Kier molecular flexibility index (Phi) is 5.68. The second-order valence-corrected chi connectivity index (χ2v) is 5.47. The van der Waals surface area contributed by atoms with Gasteiger partial charge in [0.1, 0.15) is 22.8 Å². The highest BCUT2D eigenvalue weighted by Crippen LogP contribution is 2.28. The van der Waals surface area contributed by atoms with E-state index >= 15 is 0 Å². The third kappa shape index (κ3) is 3.62. The summed E-state index contributed by atoms with van der Waals surface area (Å²) < 4.78 is 15.9. The van der Waals surface area contributed by atoms with Crippen molar-refractivity contribution < 1.29 is 19.0 Å². The van der Waals surface area contributed by atoms with E-state index in [1.165, 1.54) is 14.2 Å². The number of aryl methyl sites for hydroxylation is 2. The minimum Gasteiger partial charge on any atom is -0.496 e. The Morgan fingerprint density at radius 2 is 1.50 bits per heavy atom. The van der Waals surface area contributed by atoms with E-state index in [0.29, 0.717) is 23.6 Å². The lowest BCUT2D eigenvalue weighted by Crippen LogP contribution is -2.24. The average Bonchev–Trinajstić information content (AvgIpc) is 2.60. The van der Waals surface area contributed by atoms with Crippen LogP contribution in [0.5, 0.6) is 17.2 Å². The Balaban J connectivity index is 2.22. The first-order chi connectivity index (χ1) is 11.5. The smallest absolute Gasteiger partial charge is 0.259 e. The van der Waals surface area contributed by atoms with Crippen LogP contribution < -0.4 is 19.5 Å². The van der Waals surface area contributed by atoms with Crippen molar-refractivity contribution >= 4 is 5.91 Å². The maximum absolute atomic E-state index is 12.6. The lowest BCUT2D eigenvalue weighted by molar-refractivity contribution is 0.0944. The van der Waals surface area contributed by atoms with Gasteiger partial charge < -0.3 is 19.5 Å². The molecule has 24 heavy (non-hydrogen) atoms. The highest BCUT2D eigenvalue weighted by Gasteiger charge is 2.18. The van der Waals surface area contributed by atoms with Crippen molar-refractivity contribution in [2.75, 3.05) is 21.3 Å². The molecule has 0 radical (unpaired) electrons. The Bertz CT molecular complexity index is 718. The zero-order valence-electron chi connectivity index (χ0n) is 14.7. The zero-order valence-corrected chi connectivity index (χ0v) is 14.7. The van der Waals surface area contributed by atoms with Gasteiger partial charge in [-0.05, 0) is 48.7 Å². The molecule has 2 aromatic carbocycles. The van der Waals surface area contributed by atoms with Crippen LogP contribution in [0.1, 0.15) is 27.0 Å². The van der Waals surface area contributed by atoms with Crippen LogP contribution in [0.2, 0.25) is 0 Å². The van der Waals surface area contributed by atoms with Crippen molar-refractivity contribution in [1.82, 2.24) is 5.32 Å². The van der Waals surface area contributed by atoms with Crippen LogP contribution in [-0.4, -0.2) is 27.2 Å². The summed E-state index contributed by atoms with van der Waals surface area (Å²) in [7, 11) is 4.71. The van der Waals surface area contributed by atoms with Crippen LogP contribution in [0, 0.1) is 13.8 Å². The van der Waals surface area contributed by atoms with E-state index in [1.807, 2.05) is 26.0 Å². The molecule has 5 nitrogen and oxygen atoms in total. The number of carbonyl (C=O) groups is 1. The molecule has 0 bridgehead atoms. The number of nitrogens with one attached hydrogen (secondary N) is 1. The quantitative estimate of drug-likeness (QED) is 0.884. The minimum absolute atomic E-state index is 0.239. The lowest BCUT2D eigenvalue weighted by Gasteiger charge is -2.15. The molecule has 0 fully saturated rings. The molecule has 2 rings (SSSR count). The van der Waals surface area contributed by atoms with Gasteiger partial charge in [-0.25, -0.2) is 0 Å². The van der Waals surface area contributed by atoms with Crippen molar-refractivity contribution in [2.24, 2.45) is 0 Å². The van der Waals surface area contributed by atoms with Gasteiger partial charge in [-0.15, -0.1) is 0 Å². The molecule has 0 spiro atoms. The summed E-state index contributed by atoms with van der Waals surface area (Å²) >= 11 is 0. The molecule has 0 atom stereocenters.